The molecule has 10 heteroatoms. The summed E-state index contributed by atoms with van der Waals surface area (Å²) in [6.45, 7) is -0.00689. The Morgan fingerprint density at radius 3 is 2.55 bits per heavy atom. The van der Waals surface area contributed by atoms with Crippen molar-refractivity contribution in [3.63, 3.8) is 0 Å². The topological polar surface area (TPSA) is 94.7 Å². The predicted octanol–water partition coefficient (Wildman–Crippen LogP) is 2.09. The minimum absolute atomic E-state index is 0.0498. The van der Waals surface area contributed by atoms with Gasteiger partial charge in [0.1, 0.15) is 18.7 Å². The fraction of sp³-hybridized carbons (Fsp3) is 0.105. The molecule has 0 aliphatic carbocycles. The number of hydrogen-bond donors (Lipinski definition) is 1. The number of amides is 1. The van der Waals surface area contributed by atoms with Crippen LogP contribution < -0.4 is 10.9 Å². The third kappa shape index (κ3) is 3.99. The molecule has 0 bridgehead atoms. The molecule has 0 saturated heterocycles. The van der Waals surface area contributed by atoms with E-state index in [1.165, 1.54) is 23.1 Å². The second-order valence-electron chi connectivity index (χ2n) is 6.23. The molecule has 2 heterocycles. The fourth-order valence-electron chi connectivity index (χ4n) is 2.73. The van der Waals surface area contributed by atoms with Crippen LogP contribution in [-0.4, -0.2) is 30.5 Å². The summed E-state index contributed by atoms with van der Waals surface area (Å²) in [5.41, 5.74) is 1.24. The van der Waals surface area contributed by atoms with Gasteiger partial charge in [0.15, 0.2) is 11.2 Å². The molecule has 0 spiro atoms. The van der Waals surface area contributed by atoms with Crippen molar-refractivity contribution in [2.75, 3.05) is 0 Å². The summed E-state index contributed by atoms with van der Waals surface area (Å²) in [7, 11) is 0. The van der Waals surface area contributed by atoms with Gasteiger partial charge in [0.2, 0.25) is 5.91 Å². The Bertz CT molecular complexity index is 1230. The largest absolute Gasteiger partial charge is 0.350 e. The van der Waals surface area contributed by atoms with E-state index in [4.69, 9.17) is 11.6 Å². The number of fused-ring (bicyclic) bond motifs is 1. The first-order valence-corrected chi connectivity index (χ1v) is 8.97. The van der Waals surface area contributed by atoms with Crippen molar-refractivity contribution in [1.82, 2.24) is 29.9 Å². The second-order valence-corrected chi connectivity index (χ2v) is 6.67. The number of benzene rings is 2. The molecule has 146 valence electrons. The second kappa shape index (κ2) is 7.80. The SMILES string of the molecule is O=C(Cn1cnc2c(nnn2-c2ccc(Cl)cc2)c1=O)NCc1ccc(F)cc1. The molecule has 1 amide bonds. The van der Waals surface area contributed by atoms with Gasteiger partial charge < -0.3 is 5.32 Å². The van der Waals surface area contributed by atoms with Crippen LogP contribution in [0.5, 0.6) is 0 Å². The van der Waals surface area contributed by atoms with Crippen molar-refractivity contribution in [2.45, 2.75) is 13.1 Å². The Morgan fingerprint density at radius 2 is 1.83 bits per heavy atom. The summed E-state index contributed by atoms with van der Waals surface area (Å²) in [5, 5.41) is 11.1. The minimum atomic E-state index is -0.479. The molecule has 0 atom stereocenters. The Labute approximate surface area is 168 Å². The lowest BCUT2D eigenvalue weighted by Crippen LogP contribution is -2.32. The molecule has 1 N–H and O–H groups in total. The molecule has 4 aromatic rings. The van der Waals surface area contributed by atoms with Crippen molar-refractivity contribution < 1.29 is 9.18 Å². The van der Waals surface area contributed by atoms with Crippen LogP contribution in [0.15, 0.2) is 59.7 Å². The van der Waals surface area contributed by atoms with Gasteiger partial charge in [-0.15, -0.1) is 5.10 Å². The van der Waals surface area contributed by atoms with E-state index in [9.17, 15) is 14.0 Å². The molecule has 0 unspecified atom stereocenters. The van der Waals surface area contributed by atoms with E-state index in [0.29, 0.717) is 10.7 Å². The third-order valence-corrected chi connectivity index (χ3v) is 4.47. The van der Waals surface area contributed by atoms with Crippen molar-refractivity contribution in [3.05, 3.63) is 81.6 Å². The summed E-state index contributed by atoms with van der Waals surface area (Å²) >= 11 is 5.89. The number of carbonyl (C=O) groups excluding carboxylic acids is 1. The molecule has 4 rings (SSSR count). The van der Waals surface area contributed by atoms with Gasteiger partial charge in [0.05, 0.1) is 5.69 Å². The van der Waals surface area contributed by atoms with E-state index in [1.54, 1.807) is 36.4 Å². The first-order chi connectivity index (χ1) is 14.0. The zero-order valence-corrected chi connectivity index (χ0v) is 15.7. The average Bonchev–Trinajstić information content (AvgIpc) is 3.15. The maximum atomic E-state index is 12.9. The zero-order valence-electron chi connectivity index (χ0n) is 14.9. The fourth-order valence-corrected chi connectivity index (χ4v) is 2.85. The van der Waals surface area contributed by atoms with E-state index in [2.05, 4.69) is 20.6 Å². The average molecular weight is 413 g/mol. The predicted molar refractivity (Wildman–Crippen MR) is 104 cm³/mol. The summed E-state index contributed by atoms with van der Waals surface area (Å²) in [5.74, 6) is -0.736. The summed E-state index contributed by atoms with van der Waals surface area (Å²) in [6, 6.07) is 12.6. The van der Waals surface area contributed by atoms with Crippen LogP contribution in [0.25, 0.3) is 16.9 Å². The number of nitrogens with zero attached hydrogens (tertiary/aromatic N) is 5. The van der Waals surface area contributed by atoms with Crippen LogP contribution in [-0.2, 0) is 17.9 Å². The Hall–Kier alpha value is -3.59. The van der Waals surface area contributed by atoms with Gasteiger partial charge in [0, 0.05) is 11.6 Å². The van der Waals surface area contributed by atoms with Gasteiger partial charge in [0.25, 0.3) is 5.56 Å². The smallest absolute Gasteiger partial charge is 0.284 e. The first kappa shape index (κ1) is 18.8. The van der Waals surface area contributed by atoms with E-state index >= 15 is 0 Å². The highest BCUT2D eigenvalue weighted by Crippen LogP contribution is 2.15. The van der Waals surface area contributed by atoms with Crippen molar-refractivity contribution in [2.24, 2.45) is 0 Å². The highest BCUT2D eigenvalue weighted by Gasteiger charge is 2.14. The van der Waals surface area contributed by atoms with Crippen molar-refractivity contribution in [3.8, 4) is 5.69 Å². The molecule has 2 aromatic carbocycles. The molecule has 0 radical (unpaired) electrons. The Balaban J connectivity index is 1.52. The minimum Gasteiger partial charge on any atom is -0.350 e. The van der Waals surface area contributed by atoms with Gasteiger partial charge in [-0.3, -0.25) is 14.2 Å². The number of carbonyl (C=O) groups is 1. The van der Waals surface area contributed by atoms with E-state index in [0.717, 1.165) is 10.1 Å². The summed E-state index contributed by atoms with van der Waals surface area (Å²) in [4.78, 5) is 29.0. The molecular formula is C19H14ClFN6O2. The quantitative estimate of drug-likeness (QED) is 0.541. The maximum Gasteiger partial charge on any atom is 0.284 e. The molecule has 0 aliphatic rings. The van der Waals surface area contributed by atoms with Gasteiger partial charge in [-0.05, 0) is 42.0 Å². The first-order valence-electron chi connectivity index (χ1n) is 8.59. The summed E-state index contributed by atoms with van der Waals surface area (Å²) in [6.07, 6.45) is 1.28. The Kier molecular flexibility index (Phi) is 5.05. The van der Waals surface area contributed by atoms with Crippen LogP contribution in [0.4, 0.5) is 4.39 Å². The lowest BCUT2D eigenvalue weighted by molar-refractivity contribution is -0.121. The Morgan fingerprint density at radius 1 is 1.10 bits per heavy atom. The zero-order chi connectivity index (χ0) is 20.4. The molecule has 2 aromatic heterocycles. The van der Waals surface area contributed by atoms with Crippen LogP contribution in [0.3, 0.4) is 0 Å². The third-order valence-electron chi connectivity index (χ3n) is 4.22. The lowest BCUT2D eigenvalue weighted by Gasteiger charge is -2.07. The van der Waals surface area contributed by atoms with Crippen LogP contribution in [0.2, 0.25) is 5.02 Å². The number of hydrogen-bond acceptors (Lipinski definition) is 5. The molecule has 0 aliphatic heterocycles. The highest BCUT2D eigenvalue weighted by molar-refractivity contribution is 6.30. The van der Waals surface area contributed by atoms with E-state index in [1.807, 2.05) is 0 Å². The molecule has 8 nitrogen and oxygen atoms in total. The number of aromatic nitrogens is 5. The monoisotopic (exact) mass is 412 g/mol. The standard InChI is InChI=1S/C19H14ClFN6O2/c20-13-3-7-15(8-4-13)27-18-17(24-25-27)19(29)26(11-23-18)10-16(28)22-9-12-1-5-14(21)6-2-12/h1-8,11H,9-10H2,(H,22,28). The molecule has 0 fully saturated rings. The number of halogens is 2. The van der Waals surface area contributed by atoms with Gasteiger partial charge in [-0.2, -0.15) is 4.68 Å². The van der Waals surface area contributed by atoms with E-state index in [-0.39, 0.29) is 36.0 Å². The van der Waals surface area contributed by atoms with Gasteiger partial charge in [-0.25, -0.2) is 9.37 Å². The van der Waals surface area contributed by atoms with Crippen LogP contribution >= 0.6 is 11.6 Å². The maximum absolute atomic E-state index is 12.9. The molecule has 0 saturated carbocycles. The van der Waals surface area contributed by atoms with Gasteiger partial charge >= 0.3 is 0 Å². The number of nitrogens with one attached hydrogen (secondary N) is 1. The lowest BCUT2D eigenvalue weighted by atomic mass is 10.2. The van der Waals surface area contributed by atoms with Crippen molar-refractivity contribution >= 4 is 28.7 Å². The number of rotatable bonds is 5. The normalized spacial score (nSPS) is 11.0. The van der Waals surface area contributed by atoms with Gasteiger partial charge in [-0.1, -0.05) is 28.9 Å². The highest BCUT2D eigenvalue weighted by atomic mass is 35.5. The van der Waals surface area contributed by atoms with Crippen molar-refractivity contribution in [1.29, 1.82) is 0 Å². The summed E-state index contributed by atoms with van der Waals surface area (Å²) < 4.78 is 15.5. The molecule has 29 heavy (non-hydrogen) atoms. The van der Waals surface area contributed by atoms with Crippen LogP contribution in [0, 0.1) is 5.82 Å². The molecular weight excluding hydrogens is 399 g/mol. The van der Waals surface area contributed by atoms with E-state index < -0.39 is 5.56 Å². The van der Waals surface area contributed by atoms with Crippen LogP contribution in [0.1, 0.15) is 5.56 Å².